The van der Waals surface area contributed by atoms with Gasteiger partial charge >= 0.3 is 12.1 Å². The summed E-state index contributed by atoms with van der Waals surface area (Å²) in [5.74, 6) is -2.29. The second-order valence-corrected chi connectivity index (χ2v) is 6.95. The maximum atomic E-state index is 13.4. The Balaban J connectivity index is 2.30. The van der Waals surface area contributed by atoms with Gasteiger partial charge in [-0.15, -0.1) is 11.3 Å². The quantitative estimate of drug-likeness (QED) is 0.607. The zero-order chi connectivity index (χ0) is 22.1. The van der Waals surface area contributed by atoms with Crippen LogP contribution in [0.25, 0.3) is 10.9 Å². The Hall–Kier alpha value is -3.21. The summed E-state index contributed by atoms with van der Waals surface area (Å²) in [5.41, 5.74) is -3.23. The molecule has 0 saturated heterocycles. The van der Waals surface area contributed by atoms with Crippen LogP contribution >= 0.6 is 11.3 Å². The van der Waals surface area contributed by atoms with Crippen molar-refractivity contribution in [1.29, 1.82) is 0 Å². The summed E-state index contributed by atoms with van der Waals surface area (Å²) in [5, 5.41) is 1.57. The number of anilines is 1. The zero-order valence-electron chi connectivity index (χ0n) is 15.9. The number of aromatic nitrogens is 2. The van der Waals surface area contributed by atoms with Crippen LogP contribution < -0.4 is 15.1 Å². The number of esters is 1. The first kappa shape index (κ1) is 21.5. The number of para-hydroxylation sites is 1. The molecule has 1 amide bonds. The Morgan fingerprint density at radius 3 is 2.57 bits per heavy atom. The molecular weight excluding hydrogens is 423 g/mol. The molecule has 7 nitrogen and oxygen atoms in total. The fourth-order valence-corrected chi connectivity index (χ4v) is 3.54. The monoisotopic (exact) mass is 439 g/mol. The number of alkyl halides is 3. The number of nitrogens with one attached hydrogen (secondary N) is 1. The van der Waals surface area contributed by atoms with Crippen molar-refractivity contribution in [1.82, 2.24) is 9.97 Å². The van der Waals surface area contributed by atoms with Crippen molar-refractivity contribution in [2.45, 2.75) is 26.4 Å². The number of carbonyl (C=O) groups is 2. The van der Waals surface area contributed by atoms with Gasteiger partial charge in [0.15, 0.2) is 5.13 Å². The van der Waals surface area contributed by atoms with E-state index < -0.39 is 46.0 Å². The van der Waals surface area contributed by atoms with Gasteiger partial charge in [0.05, 0.1) is 11.1 Å². The fourth-order valence-electron chi connectivity index (χ4n) is 2.83. The molecule has 2 heterocycles. The summed E-state index contributed by atoms with van der Waals surface area (Å²) in [6, 6.07) is 3.04. The van der Waals surface area contributed by atoms with Crippen molar-refractivity contribution >= 4 is 39.2 Å². The van der Waals surface area contributed by atoms with Crippen LogP contribution in [0.4, 0.5) is 18.3 Å². The van der Waals surface area contributed by atoms with E-state index in [1.165, 1.54) is 24.1 Å². The van der Waals surface area contributed by atoms with Gasteiger partial charge in [0, 0.05) is 29.9 Å². The molecule has 3 aromatic rings. The molecule has 0 aliphatic carbocycles. The van der Waals surface area contributed by atoms with E-state index in [9.17, 15) is 27.6 Å². The van der Waals surface area contributed by atoms with E-state index in [2.05, 4.69) is 9.97 Å². The van der Waals surface area contributed by atoms with Gasteiger partial charge < -0.3 is 9.72 Å². The van der Waals surface area contributed by atoms with E-state index in [1.807, 2.05) is 0 Å². The van der Waals surface area contributed by atoms with E-state index in [-0.39, 0.29) is 18.4 Å². The average Bonchev–Trinajstić information content (AvgIpc) is 3.21. The third kappa shape index (κ3) is 3.92. The van der Waals surface area contributed by atoms with E-state index >= 15 is 0 Å². The second-order valence-electron chi connectivity index (χ2n) is 6.08. The molecule has 158 valence electrons. The van der Waals surface area contributed by atoms with Gasteiger partial charge in [-0.05, 0) is 19.1 Å². The lowest BCUT2D eigenvalue weighted by molar-refractivity contribution is -0.136. The summed E-state index contributed by atoms with van der Waals surface area (Å²) in [4.78, 5) is 45.7. The van der Waals surface area contributed by atoms with Gasteiger partial charge in [-0.3, -0.25) is 19.3 Å². The normalized spacial score (nSPS) is 11.5. The first-order valence-electron chi connectivity index (χ1n) is 8.87. The number of aromatic amines is 1. The number of benzene rings is 1. The predicted molar refractivity (Wildman–Crippen MR) is 105 cm³/mol. The van der Waals surface area contributed by atoms with Gasteiger partial charge in [-0.1, -0.05) is 13.0 Å². The highest BCUT2D eigenvalue weighted by Gasteiger charge is 2.35. The first-order valence-corrected chi connectivity index (χ1v) is 9.75. The van der Waals surface area contributed by atoms with E-state index in [4.69, 9.17) is 4.74 Å². The van der Waals surface area contributed by atoms with Crippen molar-refractivity contribution in [3.8, 4) is 5.88 Å². The second kappa shape index (κ2) is 8.27. The molecule has 2 aromatic heterocycles. The Bertz CT molecular complexity index is 1160. The number of thiazole rings is 1. The standard InChI is InChI=1S/C19H16F3N3O4S/c1-3-12(26)29-16-13(17(28)25(4-2)18-23-8-9-30-18)15(27)10-6-5-7-11(14(10)24-16)19(20,21)22/h5-9H,3-4H2,1-2H3,(H,24,27). The number of pyridine rings is 1. The van der Waals surface area contributed by atoms with Gasteiger partial charge in [0.1, 0.15) is 5.56 Å². The SMILES string of the molecule is CCC(=O)Oc1[nH]c2c(C(F)(F)F)cccc2c(=O)c1C(=O)N(CC)c1nccs1. The van der Waals surface area contributed by atoms with E-state index in [0.29, 0.717) is 5.13 Å². The molecule has 0 aliphatic rings. The summed E-state index contributed by atoms with van der Waals surface area (Å²) in [6.45, 7) is 3.25. The third-order valence-electron chi connectivity index (χ3n) is 4.24. The maximum Gasteiger partial charge on any atom is 0.418 e. The first-order chi connectivity index (χ1) is 14.2. The number of halogens is 3. The fraction of sp³-hybridized carbons (Fsp3) is 0.263. The number of ether oxygens (including phenoxy) is 1. The van der Waals surface area contributed by atoms with Crippen LogP contribution in [0.5, 0.6) is 5.88 Å². The van der Waals surface area contributed by atoms with Gasteiger partial charge in [-0.2, -0.15) is 13.2 Å². The molecule has 3 rings (SSSR count). The summed E-state index contributed by atoms with van der Waals surface area (Å²) < 4.78 is 45.3. The van der Waals surface area contributed by atoms with Crippen LogP contribution in [-0.4, -0.2) is 28.4 Å². The Kier molecular flexibility index (Phi) is 5.92. The lowest BCUT2D eigenvalue weighted by atomic mass is 10.1. The number of fused-ring (bicyclic) bond motifs is 1. The topological polar surface area (TPSA) is 92.4 Å². The molecule has 0 spiro atoms. The smallest absolute Gasteiger partial charge is 0.408 e. The number of carbonyl (C=O) groups excluding carboxylic acids is 2. The average molecular weight is 439 g/mol. The van der Waals surface area contributed by atoms with E-state index in [0.717, 1.165) is 23.5 Å². The largest absolute Gasteiger partial charge is 0.418 e. The van der Waals surface area contributed by atoms with Crippen molar-refractivity contribution in [3.63, 3.8) is 0 Å². The third-order valence-corrected chi connectivity index (χ3v) is 5.03. The summed E-state index contributed by atoms with van der Waals surface area (Å²) in [6.07, 6.45) is -3.41. The number of H-pyrrole nitrogens is 1. The van der Waals surface area contributed by atoms with Crippen LogP contribution in [0.2, 0.25) is 0 Å². The van der Waals surface area contributed by atoms with Crippen LogP contribution in [-0.2, 0) is 11.0 Å². The number of hydrogen-bond acceptors (Lipinski definition) is 6. The lowest BCUT2D eigenvalue weighted by Gasteiger charge is -2.20. The molecule has 0 fully saturated rings. The van der Waals surface area contributed by atoms with Crippen molar-refractivity contribution in [2.24, 2.45) is 0 Å². The molecule has 1 aromatic carbocycles. The predicted octanol–water partition coefficient (Wildman–Crippen LogP) is 3.99. The molecule has 30 heavy (non-hydrogen) atoms. The van der Waals surface area contributed by atoms with Gasteiger partial charge in [0.25, 0.3) is 5.91 Å². The Morgan fingerprint density at radius 2 is 2.00 bits per heavy atom. The van der Waals surface area contributed by atoms with Crippen molar-refractivity contribution in [3.05, 3.63) is 51.1 Å². The van der Waals surface area contributed by atoms with Crippen LogP contribution in [0.15, 0.2) is 34.6 Å². The highest BCUT2D eigenvalue weighted by Crippen LogP contribution is 2.34. The highest BCUT2D eigenvalue weighted by atomic mass is 32.1. The molecule has 0 bridgehead atoms. The Labute approximate surface area is 172 Å². The summed E-state index contributed by atoms with van der Waals surface area (Å²) in [7, 11) is 0. The number of nitrogens with zero attached hydrogens (tertiary/aromatic N) is 2. The minimum absolute atomic E-state index is 0.113. The molecule has 0 saturated carbocycles. The molecule has 0 unspecified atom stereocenters. The number of rotatable bonds is 5. The zero-order valence-corrected chi connectivity index (χ0v) is 16.7. The molecule has 11 heteroatoms. The van der Waals surface area contributed by atoms with Gasteiger partial charge in [0.2, 0.25) is 11.3 Å². The van der Waals surface area contributed by atoms with Crippen LogP contribution in [0.1, 0.15) is 36.2 Å². The Morgan fingerprint density at radius 1 is 1.27 bits per heavy atom. The highest BCUT2D eigenvalue weighted by molar-refractivity contribution is 7.13. The molecule has 0 aliphatic heterocycles. The van der Waals surface area contributed by atoms with Crippen molar-refractivity contribution in [2.75, 3.05) is 11.4 Å². The summed E-state index contributed by atoms with van der Waals surface area (Å²) >= 11 is 1.14. The molecule has 0 atom stereocenters. The molecular formula is C19H16F3N3O4S. The molecule has 1 N–H and O–H groups in total. The maximum absolute atomic E-state index is 13.4. The number of hydrogen-bond donors (Lipinski definition) is 1. The van der Waals surface area contributed by atoms with Crippen LogP contribution in [0.3, 0.4) is 0 Å². The van der Waals surface area contributed by atoms with Gasteiger partial charge in [-0.25, -0.2) is 4.98 Å². The van der Waals surface area contributed by atoms with Crippen molar-refractivity contribution < 1.29 is 27.5 Å². The minimum atomic E-state index is -4.77. The minimum Gasteiger partial charge on any atom is -0.408 e. The lowest BCUT2D eigenvalue weighted by Crippen LogP contribution is -2.35. The number of amides is 1. The molecule has 0 radical (unpaired) electrons. The van der Waals surface area contributed by atoms with E-state index in [1.54, 1.807) is 12.3 Å². The van der Waals surface area contributed by atoms with Crippen LogP contribution in [0, 0.1) is 0 Å².